The fraction of sp³-hybridized carbons (Fsp3) is 0.105. The lowest BCUT2D eigenvalue weighted by molar-refractivity contribution is 1.01. The van der Waals surface area contributed by atoms with E-state index in [4.69, 9.17) is 0 Å². The second kappa shape index (κ2) is 7.98. The fourth-order valence-electron chi connectivity index (χ4n) is 2.25. The molecular weight excluding hydrogens is 328 g/mol. The molecule has 0 amide bonds. The van der Waals surface area contributed by atoms with Crippen LogP contribution in [-0.2, 0) is 0 Å². The Labute approximate surface area is 150 Å². The lowest BCUT2D eigenvalue weighted by Crippen LogP contribution is -2.06. The Bertz CT molecular complexity index is 1010. The van der Waals surface area contributed by atoms with E-state index in [9.17, 15) is 4.79 Å². The van der Waals surface area contributed by atoms with Crippen LogP contribution < -0.4 is 11.0 Å². The molecule has 3 rings (SSSR count). The van der Waals surface area contributed by atoms with Crippen molar-refractivity contribution in [2.24, 2.45) is 15.3 Å². The van der Waals surface area contributed by atoms with Crippen LogP contribution in [0.15, 0.2) is 80.8 Å². The maximum absolute atomic E-state index is 11.5. The molecule has 7 nitrogen and oxygen atoms in total. The van der Waals surface area contributed by atoms with Crippen LogP contribution in [0.5, 0.6) is 0 Å². The first-order valence-corrected chi connectivity index (χ1v) is 8.06. The Morgan fingerprint density at radius 1 is 1.04 bits per heavy atom. The Kier molecular flexibility index (Phi) is 5.28. The van der Waals surface area contributed by atoms with E-state index in [1.807, 2.05) is 61.5 Å². The van der Waals surface area contributed by atoms with Crippen molar-refractivity contribution in [3.8, 4) is 0 Å². The number of rotatable bonds is 4. The first kappa shape index (κ1) is 17.2. The van der Waals surface area contributed by atoms with Crippen molar-refractivity contribution in [2.75, 3.05) is 5.43 Å². The van der Waals surface area contributed by atoms with E-state index in [-0.39, 0.29) is 11.5 Å². The van der Waals surface area contributed by atoms with Gasteiger partial charge in [-0.05, 0) is 25.5 Å². The zero-order valence-electron chi connectivity index (χ0n) is 14.5. The van der Waals surface area contributed by atoms with Gasteiger partial charge < -0.3 is 0 Å². The topological polar surface area (TPSA) is 94.9 Å². The van der Waals surface area contributed by atoms with Gasteiger partial charge in [0.05, 0.1) is 5.69 Å². The molecule has 0 aliphatic carbocycles. The number of H-pyrrole nitrogens is 1. The number of nitrogens with zero attached hydrogens (tertiary/aromatic N) is 4. The van der Waals surface area contributed by atoms with Crippen molar-refractivity contribution in [1.82, 2.24) is 9.97 Å². The largest absolute Gasteiger partial charge is 0.290 e. The minimum Gasteiger partial charge on any atom is -0.290 e. The van der Waals surface area contributed by atoms with Crippen LogP contribution in [0.3, 0.4) is 0 Å². The predicted octanol–water partition coefficient (Wildman–Crippen LogP) is 3.94. The number of aromatic nitrogens is 2. The third kappa shape index (κ3) is 4.47. The molecule has 0 saturated carbocycles. The van der Waals surface area contributed by atoms with Gasteiger partial charge >= 0.3 is 0 Å². The summed E-state index contributed by atoms with van der Waals surface area (Å²) in [5, 5.41) is 12.6. The lowest BCUT2D eigenvalue weighted by atomic mass is 10.2. The van der Waals surface area contributed by atoms with E-state index in [2.05, 4.69) is 30.7 Å². The third-order valence-electron chi connectivity index (χ3n) is 3.56. The van der Waals surface area contributed by atoms with Gasteiger partial charge in [0.25, 0.3) is 5.56 Å². The number of hydrazone groups is 1. The Hall–Kier alpha value is -3.61. The van der Waals surface area contributed by atoms with Gasteiger partial charge in [-0.1, -0.05) is 48.5 Å². The van der Waals surface area contributed by atoms with Crippen LogP contribution in [0, 0.1) is 13.8 Å². The Morgan fingerprint density at radius 3 is 2.50 bits per heavy atom. The zero-order valence-corrected chi connectivity index (χ0v) is 14.5. The van der Waals surface area contributed by atoms with Crippen molar-refractivity contribution in [3.05, 3.63) is 87.8 Å². The van der Waals surface area contributed by atoms with Gasteiger partial charge in [-0.25, -0.2) is 4.98 Å². The quantitative estimate of drug-likeness (QED) is 0.324. The summed E-state index contributed by atoms with van der Waals surface area (Å²) in [6.45, 7) is 3.71. The molecular formula is C19H18N6O. The molecule has 0 saturated heterocycles. The molecule has 0 spiro atoms. The molecule has 0 unspecified atom stereocenters. The van der Waals surface area contributed by atoms with Gasteiger partial charge in [0.1, 0.15) is 0 Å². The monoisotopic (exact) mass is 346 g/mol. The number of benzene rings is 2. The summed E-state index contributed by atoms with van der Waals surface area (Å²) in [6, 6.07) is 18.6. The molecule has 1 aromatic heterocycles. The molecule has 0 atom stereocenters. The highest BCUT2D eigenvalue weighted by atomic mass is 16.1. The summed E-state index contributed by atoms with van der Waals surface area (Å²) in [5.74, 6) is 0.507. The van der Waals surface area contributed by atoms with Crippen LogP contribution in [-0.4, -0.2) is 15.8 Å². The highest BCUT2D eigenvalue weighted by Gasteiger charge is 2.04. The Morgan fingerprint density at radius 2 is 1.77 bits per heavy atom. The average molecular weight is 346 g/mol. The molecule has 130 valence electrons. The number of amidine groups is 1. The van der Waals surface area contributed by atoms with Crippen LogP contribution >= 0.6 is 0 Å². The van der Waals surface area contributed by atoms with Gasteiger partial charge in [-0.3, -0.25) is 15.2 Å². The van der Waals surface area contributed by atoms with Crippen molar-refractivity contribution < 1.29 is 0 Å². The number of azo groups is 1. The number of nitrogens with one attached hydrogen (secondary N) is 2. The number of para-hydroxylation sites is 1. The molecule has 0 bridgehead atoms. The number of aromatic amines is 1. The first-order chi connectivity index (χ1) is 12.6. The molecule has 26 heavy (non-hydrogen) atoms. The van der Waals surface area contributed by atoms with E-state index in [0.29, 0.717) is 11.5 Å². The summed E-state index contributed by atoms with van der Waals surface area (Å²) in [6.07, 6.45) is 0. The summed E-state index contributed by atoms with van der Waals surface area (Å²) in [4.78, 5) is 18.2. The maximum Gasteiger partial charge on any atom is 0.252 e. The van der Waals surface area contributed by atoms with Gasteiger partial charge in [0.2, 0.25) is 11.8 Å². The van der Waals surface area contributed by atoms with Crippen LogP contribution in [0.2, 0.25) is 0 Å². The van der Waals surface area contributed by atoms with E-state index < -0.39 is 0 Å². The molecule has 0 aliphatic heterocycles. The van der Waals surface area contributed by atoms with E-state index in [0.717, 1.165) is 16.8 Å². The number of aryl methyl sites for hydroxylation is 2. The standard InChI is InChI=1S/C19H18N6O/c1-13-8-6-7-11-16(13)22-23-18(15-9-4-3-5-10-15)24-25-19-20-14(2)12-17(26)21-19/h3-12,22H,1-2H3,(H,20,21,26). The highest BCUT2D eigenvalue weighted by Crippen LogP contribution is 2.14. The van der Waals surface area contributed by atoms with Gasteiger partial charge in [0, 0.05) is 17.3 Å². The zero-order chi connectivity index (χ0) is 18.4. The van der Waals surface area contributed by atoms with E-state index in [1.54, 1.807) is 6.92 Å². The first-order valence-electron chi connectivity index (χ1n) is 8.06. The fourth-order valence-corrected chi connectivity index (χ4v) is 2.25. The highest BCUT2D eigenvalue weighted by molar-refractivity contribution is 5.99. The van der Waals surface area contributed by atoms with Crippen LogP contribution in [0.25, 0.3) is 0 Å². The molecule has 1 heterocycles. The molecule has 7 heteroatoms. The van der Waals surface area contributed by atoms with Crippen molar-refractivity contribution >= 4 is 17.5 Å². The number of hydrogen-bond donors (Lipinski definition) is 2. The van der Waals surface area contributed by atoms with Gasteiger partial charge in [0.15, 0.2) is 0 Å². The Balaban J connectivity index is 1.93. The van der Waals surface area contributed by atoms with Crippen molar-refractivity contribution in [2.45, 2.75) is 13.8 Å². The van der Waals surface area contributed by atoms with Crippen molar-refractivity contribution in [3.63, 3.8) is 0 Å². The molecule has 0 aliphatic rings. The predicted molar refractivity (Wildman–Crippen MR) is 102 cm³/mol. The lowest BCUT2D eigenvalue weighted by Gasteiger charge is -2.05. The van der Waals surface area contributed by atoms with E-state index >= 15 is 0 Å². The number of hydrogen-bond acceptors (Lipinski definition) is 5. The molecule has 2 aromatic carbocycles. The normalized spacial score (nSPS) is 11.7. The summed E-state index contributed by atoms with van der Waals surface area (Å²) in [7, 11) is 0. The second-order valence-electron chi connectivity index (χ2n) is 5.64. The maximum atomic E-state index is 11.5. The minimum absolute atomic E-state index is 0.134. The molecule has 3 aromatic rings. The van der Waals surface area contributed by atoms with E-state index in [1.165, 1.54) is 6.07 Å². The smallest absolute Gasteiger partial charge is 0.252 e. The molecule has 0 radical (unpaired) electrons. The molecule has 0 fully saturated rings. The van der Waals surface area contributed by atoms with Crippen LogP contribution in [0.1, 0.15) is 16.8 Å². The summed E-state index contributed by atoms with van der Waals surface area (Å²) >= 11 is 0. The average Bonchev–Trinajstić information content (AvgIpc) is 2.63. The third-order valence-corrected chi connectivity index (χ3v) is 3.56. The van der Waals surface area contributed by atoms with Crippen LogP contribution in [0.4, 0.5) is 11.6 Å². The summed E-state index contributed by atoms with van der Waals surface area (Å²) < 4.78 is 0. The summed E-state index contributed by atoms with van der Waals surface area (Å²) in [5.41, 5.74) is 6.02. The minimum atomic E-state index is -0.275. The van der Waals surface area contributed by atoms with Gasteiger partial charge in [-0.2, -0.15) is 5.10 Å². The van der Waals surface area contributed by atoms with Gasteiger partial charge in [-0.15, -0.1) is 10.2 Å². The SMILES string of the molecule is Cc1cc(=O)[nH]c(N=NC(=NNc2ccccc2C)c2ccccc2)n1. The molecule has 2 N–H and O–H groups in total. The van der Waals surface area contributed by atoms with Crippen molar-refractivity contribution in [1.29, 1.82) is 0 Å². The number of anilines is 1. The second-order valence-corrected chi connectivity index (χ2v) is 5.64.